The number of thioether (sulfide) groups is 1. The van der Waals surface area contributed by atoms with Gasteiger partial charge < -0.3 is 19.5 Å². The predicted molar refractivity (Wildman–Crippen MR) is 93.7 cm³/mol. The molecule has 1 aromatic carbocycles. The number of ether oxygens (including phenoxy) is 1. The fourth-order valence-corrected chi connectivity index (χ4v) is 2.94. The second-order valence-corrected chi connectivity index (χ2v) is 6.13. The van der Waals surface area contributed by atoms with E-state index in [1.54, 1.807) is 25.5 Å². The molecule has 0 spiro atoms. The Morgan fingerprint density at radius 3 is 2.77 bits per heavy atom. The molecule has 2 N–H and O–H groups in total. The molecule has 0 amide bonds. The van der Waals surface area contributed by atoms with Gasteiger partial charge in [-0.05, 0) is 36.4 Å². The van der Waals surface area contributed by atoms with Crippen molar-refractivity contribution in [1.29, 1.82) is 0 Å². The Labute approximate surface area is 152 Å². The first-order chi connectivity index (χ1) is 12.7. The SMILES string of the molecule is COc1ccc(-c2nc(CSc3nnc(-c4ccco4)n3N)no2)cc1. The number of nitrogens with two attached hydrogens (primary N) is 1. The molecule has 4 rings (SSSR count). The first kappa shape index (κ1) is 16.2. The molecule has 0 saturated carbocycles. The topological polar surface area (TPSA) is 118 Å². The first-order valence-electron chi connectivity index (χ1n) is 7.59. The maximum absolute atomic E-state index is 6.02. The van der Waals surface area contributed by atoms with Crippen LogP contribution in [0.1, 0.15) is 5.82 Å². The fourth-order valence-electron chi connectivity index (χ4n) is 2.24. The minimum atomic E-state index is 0.438. The van der Waals surface area contributed by atoms with Crippen molar-refractivity contribution in [3.63, 3.8) is 0 Å². The lowest BCUT2D eigenvalue weighted by molar-refractivity contribution is 0.414. The number of hydrogen-bond acceptors (Lipinski definition) is 9. The lowest BCUT2D eigenvalue weighted by atomic mass is 10.2. The molecule has 10 heteroatoms. The molecular formula is C16H14N6O3S. The van der Waals surface area contributed by atoms with E-state index in [2.05, 4.69) is 20.3 Å². The van der Waals surface area contributed by atoms with Gasteiger partial charge in [-0.15, -0.1) is 10.2 Å². The molecule has 3 aromatic heterocycles. The van der Waals surface area contributed by atoms with E-state index in [1.807, 2.05) is 24.3 Å². The highest BCUT2D eigenvalue weighted by atomic mass is 32.2. The van der Waals surface area contributed by atoms with E-state index in [9.17, 15) is 0 Å². The van der Waals surface area contributed by atoms with E-state index in [-0.39, 0.29) is 0 Å². The monoisotopic (exact) mass is 370 g/mol. The number of methoxy groups -OCH3 is 1. The van der Waals surface area contributed by atoms with Crippen LogP contribution in [-0.2, 0) is 5.75 Å². The summed E-state index contributed by atoms with van der Waals surface area (Å²) in [5.74, 6) is 9.18. The largest absolute Gasteiger partial charge is 0.497 e. The number of benzene rings is 1. The third-order valence-corrected chi connectivity index (χ3v) is 4.48. The fraction of sp³-hybridized carbons (Fsp3) is 0.125. The summed E-state index contributed by atoms with van der Waals surface area (Å²) >= 11 is 1.35. The number of nitrogens with zero attached hydrogens (tertiary/aromatic N) is 5. The lowest BCUT2D eigenvalue weighted by Gasteiger charge is -2.00. The molecule has 0 bridgehead atoms. The van der Waals surface area contributed by atoms with Gasteiger partial charge in [0.05, 0.1) is 19.1 Å². The Kier molecular flexibility index (Phi) is 4.32. The van der Waals surface area contributed by atoms with E-state index >= 15 is 0 Å². The summed E-state index contributed by atoms with van der Waals surface area (Å²) in [5.41, 5.74) is 0.816. The first-order valence-corrected chi connectivity index (χ1v) is 8.57. The van der Waals surface area contributed by atoms with Crippen LogP contribution < -0.4 is 10.6 Å². The smallest absolute Gasteiger partial charge is 0.257 e. The van der Waals surface area contributed by atoms with Gasteiger partial charge in [-0.25, -0.2) is 4.68 Å². The third kappa shape index (κ3) is 3.14. The van der Waals surface area contributed by atoms with Crippen LogP contribution in [-0.4, -0.2) is 32.1 Å². The van der Waals surface area contributed by atoms with Crippen molar-refractivity contribution in [3.05, 3.63) is 48.5 Å². The average molecular weight is 370 g/mol. The molecule has 9 nitrogen and oxygen atoms in total. The highest BCUT2D eigenvalue weighted by molar-refractivity contribution is 7.98. The van der Waals surface area contributed by atoms with Gasteiger partial charge in [0.2, 0.25) is 11.0 Å². The van der Waals surface area contributed by atoms with E-state index in [4.69, 9.17) is 19.5 Å². The Morgan fingerprint density at radius 2 is 2.04 bits per heavy atom. The van der Waals surface area contributed by atoms with Gasteiger partial charge in [-0.2, -0.15) is 4.98 Å². The summed E-state index contributed by atoms with van der Waals surface area (Å²) in [5, 5.41) is 12.6. The summed E-state index contributed by atoms with van der Waals surface area (Å²) in [4.78, 5) is 4.38. The molecule has 0 aliphatic heterocycles. The second kappa shape index (κ2) is 6.92. The number of nitrogen functional groups attached to an aromatic ring is 1. The Bertz CT molecular complexity index is 994. The Balaban J connectivity index is 1.45. The Morgan fingerprint density at radius 1 is 1.19 bits per heavy atom. The molecule has 0 fully saturated rings. The van der Waals surface area contributed by atoms with Crippen molar-refractivity contribution < 1.29 is 13.7 Å². The van der Waals surface area contributed by atoms with Crippen LogP contribution in [0.25, 0.3) is 23.0 Å². The molecule has 0 unspecified atom stereocenters. The molecule has 0 aliphatic carbocycles. The molecule has 4 aromatic rings. The zero-order valence-electron chi connectivity index (χ0n) is 13.7. The van der Waals surface area contributed by atoms with Crippen LogP contribution in [0.2, 0.25) is 0 Å². The molecule has 0 saturated heterocycles. The zero-order chi connectivity index (χ0) is 17.9. The van der Waals surface area contributed by atoms with Gasteiger partial charge in [0.25, 0.3) is 5.89 Å². The highest BCUT2D eigenvalue weighted by Gasteiger charge is 2.16. The second-order valence-electron chi connectivity index (χ2n) is 5.19. The van der Waals surface area contributed by atoms with E-state index < -0.39 is 0 Å². The van der Waals surface area contributed by atoms with Crippen molar-refractivity contribution in [3.8, 4) is 28.8 Å². The highest BCUT2D eigenvalue weighted by Crippen LogP contribution is 2.25. The van der Waals surface area contributed by atoms with Gasteiger partial charge in [-0.1, -0.05) is 16.9 Å². The van der Waals surface area contributed by atoms with Crippen LogP contribution in [0, 0.1) is 0 Å². The lowest BCUT2D eigenvalue weighted by Crippen LogP contribution is -2.11. The van der Waals surface area contributed by atoms with Crippen molar-refractivity contribution in [2.75, 3.05) is 13.0 Å². The molecule has 0 aliphatic rings. The van der Waals surface area contributed by atoms with Crippen LogP contribution >= 0.6 is 11.8 Å². The minimum absolute atomic E-state index is 0.438. The predicted octanol–water partition coefficient (Wildman–Crippen LogP) is 2.60. The molecule has 132 valence electrons. The maximum Gasteiger partial charge on any atom is 0.257 e. The quantitative estimate of drug-likeness (QED) is 0.403. The van der Waals surface area contributed by atoms with Crippen molar-refractivity contribution >= 4 is 11.8 Å². The van der Waals surface area contributed by atoms with Crippen molar-refractivity contribution in [2.24, 2.45) is 0 Å². The molecule has 0 atom stereocenters. The molecule has 26 heavy (non-hydrogen) atoms. The van der Waals surface area contributed by atoms with Crippen molar-refractivity contribution in [2.45, 2.75) is 10.9 Å². The number of aromatic nitrogens is 5. The number of hydrogen-bond donors (Lipinski definition) is 1. The van der Waals surface area contributed by atoms with Gasteiger partial charge in [-0.3, -0.25) is 0 Å². The minimum Gasteiger partial charge on any atom is -0.497 e. The van der Waals surface area contributed by atoms with Crippen molar-refractivity contribution in [1.82, 2.24) is 25.0 Å². The Hall–Kier alpha value is -3.27. The van der Waals surface area contributed by atoms with Gasteiger partial charge in [0.1, 0.15) is 5.75 Å². The summed E-state index contributed by atoms with van der Waals surface area (Å²) in [7, 11) is 1.62. The molecule has 0 radical (unpaired) electrons. The summed E-state index contributed by atoms with van der Waals surface area (Å²) in [6.07, 6.45) is 1.55. The van der Waals surface area contributed by atoms with Crippen LogP contribution in [0.15, 0.2) is 56.8 Å². The van der Waals surface area contributed by atoms with Gasteiger partial charge >= 0.3 is 0 Å². The summed E-state index contributed by atoms with van der Waals surface area (Å²) < 4.78 is 17.1. The average Bonchev–Trinajstić information content (AvgIpc) is 3.41. The van der Waals surface area contributed by atoms with Gasteiger partial charge in [0, 0.05) is 5.56 Å². The maximum atomic E-state index is 6.02. The van der Waals surface area contributed by atoms with Gasteiger partial charge in [0.15, 0.2) is 11.6 Å². The van der Waals surface area contributed by atoms with E-state index in [1.165, 1.54) is 16.4 Å². The summed E-state index contributed by atoms with van der Waals surface area (Å²) in [6, 6.07) is 10.9. The van der Waals surface area contributed by atoms with Crippen LogP contribution in [0.3, 0.4) is 0 Å². The number of rotatable bonds is 6. The van der Waals surface area contributed by atoms with Crippen LogP contribution in [0.5, 0.6) is 5.75 Å². The van der Waals surface area contributed by atoms with E-state index in [0.717, 1.165) is 11.3 Å². The summed E-state index contributed by atoms with van der Waals surface area (Å²) in [6.45, 7) is 0. The molecule has 3 heterocycles. The van der Waals surface area contributed by atoms with Crippen LogP contribution in [0.4, 0.5) is 0 Å². The third-order valence-electron chi connectivity index (χ3n) is 3.54. The molecular weight excluding hydrogens is 356 g/mol. The normalized spacial score (nSPS) is 11.0. The number of furan rings is 1. The zero-order valence-corrected chi connectivity index (χ0v) is 14.5. The standard InChI is InChI=1S/C16H14N6O3S/c1-23-11-6-4-10(5-7-11)15-18-13(21-25-15)9-26-16-20-19-14(22(16)17)12-3-2-8-24-12/h2-8H,9,17H2,1H3. The van der Waals surface area contributed by atoms with E-state index in [0.29, 0.717) is 34.2 Å².